The highest BCUT2D eigenvalue weighted by Crippen LogP contribution is 2.43. The minimum absolute atomic E-state index is 0.0179. The number of carbonyl (C=O) groups excluding carboxylic acids is 2. The standard InChI is InChI=1S/C59H103N2O7P/c1-7-10-13-16-19-22-25-28-29-30-31-34-37-40-43-46-49-52-59(63)68-57(50-47-44-41-38-35-32-26-23-20-17-14-11-8-2)56(55-67-69(64,65)66-54-53-61(4,5)6)60-58(62)51-48-45-42-39-36-33-27-24-21-18-15-12-9-3/h10,13,19,22,28-29,31,33-34,36,40,42-43,45,47,50,56-57H,7-9,11-12,14-18,20-21,23-27,30,32,35,37-39,41,44,46,48-49,51-55H2,1-6H3,(H-,60,62,64,65)/p+1/b13-10-,22-19-,29-28-,34-31-,36-33-,43-40-,45-42+,50-47+. The molecule has 0 aliphatic heterocycles. The number of carbonyl (C=O) groups is 2. The maximum absolute atomic E-state index is 13.4. The van der Waals surface area contributed by atoms with E-state index < -0.39 is 25.9 Å². The molecule has 0 aliphatic carbocycles. The summed E-state index contributed by atoms with van der Waals surface area (Å²) >= 11 is 0. The van der Waals surface area contributed by atoms with Crippen molar-refractivity contribution < 1.29 is 37.3 Å². The van der Waals surface area contributed by atoms with E-state index in [1.54, 1.807) is 0 Å². The molecule has 0 bridgehead atoms. The summed E-state index contributed by atoms with van der Waals surface area (Å²) in [5, 5.41) is 2.98. The molecule has 2 N–H and O–H groups in total. The summed E-state index contributed by atoms with van der Waals surface area (Å²) in [7, 11) is 1.42. The van der Waals surface area contributed by atoms with Crippen LogP contribution in [0, 0.1) is 0 Å². The third-order valence-corrected chi connectivity index (χ3v) is 12.5. The molecule has 0 aliphatic rings. The van der Waals surface area contributed by atoms with Crippen molar-refractivity contribution in [1.29, 1.82) is 0 Å². The normalized spacial score (nSPS) is 14.6. The number of rotatable bonds is 48. The molecule has 69 heavy (non-hydrogen) atoms. The van der Waals surface area contributed by atoms with Gasteiger partial charge in [0.1, 0.15) is 19.3 Å². The van der Waals surface area contributed by atoms with Gasteiger partial charge in [-0.05, 0) is 89.5 Å². The summed E-state index contributed by atoms with van der Waals surface area (Å²) < 4.78 is 30.5. The zero-order valence-corrected chi connectivity index (χ0v) is 45.9. The minimum Gasteiger partial charge on any atom is -0.456 e. The van der Waals surface area contributed by atoms with Crippen molar-refractivity contribution in [1.82, 2.24) is 5.32 Å². The Balaban J connectivity index is 5.58. The van der Waals surface area contributed by atoms with Gasteiger partial charge in [-0.15, -0.1) is 0 Å². The zero-order chi connectivity index (χ0) is 50.8. The summed E-state index contributed by atoms with van der Waals surface area (Å²) in [5.41, 5.74) is 0. The Hall–Kier alpha value is -3.07. The van der Waals surface area contributed by atoms with Gasteiger partial charge in [0.05, 0.1) is 33.8 Å². The second-order valence-electron chi connectivity index (χ2n) is 19.4. The molecule has 396 valence electrons. The number of esters is 1. The first-order valence-corrected chi connectivity index (χ1v) is 29.1. The molecule has 0 rings (SSSR count). The van der Waals surface area contributed by atoms with Crippen LogP contribution in [0.5, 0.6) is 0 Å². The van der Waals surface area contributed by atoms with Crippen LogP contribution < -0.4 is 5.32 Å². The number of amides is 1. The number of allylic oxidation sites excluding steroid dienone is 15. The van der Waals surface area contributed by atoms with Crippen molar-refractivity contribution >= 4 is 19.7 Å². The number of ether oxygens (including phenoxy) is 1. The van der Waals surface area contributed by atoms with Crippen LogP contribution in [0.2, 0.25) is 0 Å². The van der Waals surface area contributed by atoms with E-state index in [2.05, 4.69) is 105 Å². The van der Waals surface area contributed by atoms with E-state index in [1.807, 2.05) is 39.4 Å². The van der Waals surface area contributed by atoms with Gasteiger partial charge in [-0.3, -0.25) is 18.6 Å². The summed E-state index contributed by atoms with van der Waals surface area (Å²) in [5.74, 6) is -0.659. The van der Waals surface area contributed by atoms with E-state index in [1.165, 1.54) is 96.3 Å². The number of phosphoric ester groups is 1. The molecule has 3 atom stereocenters. The van der Waals surface area contributed by atoms with Crippen LogP contribution >= 0.6 is 7.82 Å². The monoisotopic (exact) mass is 984 g/mol. The molecule has 0 aromatic rings. The van der Waals surface area contributed by atoms with E-state index >= 15 is 0 Å². The average Bonchev–Trinajstić information content (AvgIpc) is 3.31. The van der Waals surface area contributed by atoms with E-state index in [4.69, 9.17) is 13.8 Å². The first-order valence-electron chi connectivity index (χ1n) is 27.6. The highest BCUT2D eigenvalue weighted by atomic mass is 31.2. The smallest absolute Gasteiger partial charge is 0.456 e. The van der Waals surface area contributed by atoms with Crippen LogP contribution in [0.25, 0.3) is 0 Å². The van der Waals surface area contributed by atoms with Gasteiger partial charge in [0.2, 0.25) is 5.91 Å². The zero-order valence-electron chi connectivity index (χ0n) is 45.0. The topological polar surface area (TPSA) is 111 Å². The highest BCUT2D eigenvalue weighted by molar-refractivity contribution is 7.47. The third kappa shape index (κ3) is 49.7. The van der Waals surface area contributed by atoms with Gasteiger partial charge in [0.15, 0.2) is 0 Å². The molecular weight excluding hydrogens is 880 g/mol. The largest absolute Gasteiger partial charge is 0.472 e. The molecule has 9 nitrogen and oxygen atoms in total. The molecule has 0 heterocycles. The van der Waals surface area contributed by atoms with E-state index in [0.717, 1.165) is 70.6 Å². The molecule has 0 radical (unpaired) electrons. The maximum Gasteiger partial charge on any atom is 0.472 e. The lowest BCUT2D eigenvalue weighted by Crippen LogP contribution is -2.47. The molecule has 0 spiro atoms. The fraction of sp³-hybridized carbons (Fsp3) is 0.695. The number of nitrogens with zero attached hydrogens (tertiary/aromatic N) is 1. The van der Waals surface area contributed by atoms with Gasteiger partial charge in [-0.25, -0.2) is 4.57 Å². The molecule has 0 fully saturated rings. The number of hydrogen-bond donors (Lipinski definition) is 2. The predicted molar refractivity (Wildman–Crippen MR) is 295 cm³/mol. The van der Waals surface area contributed by atoms with Crippen LogP contribution in [0.3, 0.4) is 0 Å². The number of hydrogen-bond acceptors (Lipinski definition) is 6. The SMILES string of the molecule is CC/C=C\C/C=C\C/C=C\C/C=C\C/C=C\CCCC(=O)OC(/C=C/CCCCCCCCCCCCC)C(COP(=O)(O)OCC[N+](C)(C)C)NC(=O)CC/C=C/C/C=C\CCCCCCCC. The Labute approximate surface area is 424 Å². The van der Waals surface area contributed by atoms with Crippen LogP contribution in [0.15, 0.2) is 97.2 Å². The van der Waals surface area contributed by atoms with Crippen molar-refractivity contribution in [2.24, 2.45) is 0 Å². The first kappa shape index (κ1) is 65.9. The van der Waals surface area contributed by atoms with Gasteiger partial charge >= 0.3 is 13.8 Å². The van der Waals surface area contributed by atoms with Crippen molar-refractivity contribution in [3.8, 4) is 0 Å². The molecule has 3 unspecified atom stereocenters. The highest BCUT2D eigenvalue weighted by Gasteiger charge is 2.30. The molecule has 10 heteroatoms. The predicted octanol–water partition coefficient (Wildman–Crippen LogP) is 16.4. The summed E-state index contributed by atoms with van der Waals surface area (Å²) in [6, 6.07) is -0.905. The van der Waals surface area contributed by atoms with Crippen LogP contribution in [0.1, 0.15) is 213 Å². The van der Waals surface area contributed by atoms with Gasteiger partial charge < -0.3 is 19.4 Å². The van der Waals surface area contributed by atoms with Gasteiger partial charge in [-0.1, -0.05) is 208 Å². The number of phosphoric acid groups is 1. The lowest BCUT2D eigenvalue weighted by molar-refractivity contribution is -0.870. The van der Waals surface area contributed by atoms with E-state index in [-0.39, 0.29) is 32.0 Å². The number of nitrogens with one attached hydrogen (secondary N) is 1. The second-order valence-corrected chi connectivity index (χ2v) is 20.8. The third-order valence-electron chi connectivity index (χ3n) is 11.5. The van der Waals surface area contributed by atoms with Gasteiger partial charge in [0, 0.05) is 12.8 Å². The molecular formula is C59H104N2O7P+. The first-order chi connectivity index (χ1) is 33.4. The lowest BCUT2D eigenvalue weighted by atomic mass is 10.0. The quantitative estimate of drug-likeness (QED) is 0.0205. The van der Waals surface area contributed by atoms with Crippen LogP contribution in [0.4, 0.5) is 0 Å². The molecule has 0 saturated heterocycles. The fourth-order valence-corrected chi connectivity index (χ4v) is 7.99. The Morgan fingerprint density at radius 3 is 1.42 bits per heavy atom. The Morgan fingerprint density at radius 1 is 0.522 bits per heavy atom. The van der Waals surface area contributed by atoms with Crippen molar-refractivity contribution in [2.75, 3.05) is 40.9 Å². The van der Waals surface area contributed by atoms with Crippen molar-refractivity contribution in [3.63, 3.8) is 0 Å². The summed E-state index contributed by atoms with van der Waals surface area (Å²) in [6.45, 7) is 6.78. The van der Waals surface area contributed by atoms with Crippen molar-refractivity contribution in [3.05, 3.63) is 97.2 Å². The molecule has 0 saturated carbocycles. The maximum atomic E-state index is 13.4. The van der Waals surface area contributed by atoms with E-state index in [0.29, 0.717) is 23.9 Å². The van der Waals surface area contributed by atoms with Crippen molar-refractivity contribution in [2.45, 2.75) is 226 Å². The number of quaternary nitrogens is 1. The summed E-state index contributed by atoms with van der Waals surface area (Å²) in [6.07, 6.45) is 64.3. The number of unbranched alkanes of at least 4 members (excludes halogenated alkanes) is 18. The Bertz CT molecular complexity index is 1510. The summed E-state index contributed by atoms with van der Waals surface area (Å²) in [4.78, 5) is 37.4. The second kappa shape index (κ2) is 48.6. The minimum atomic E-state index is -4.47. The lowest BCUT2D eigenvalue weighted by Gasteiger charge is -2.27. The van der Waals surface area contributed by atoms with E-state index in [9.17, 15) is 19.0 Å². The number of likely N-dealkylation sites (N-methyl/N-ethyl adjacent to an activating group) is 1. The Kier molecular flexibility index (Phi) is 46.4. The Morgan fingerprint density at radius 2 is 0.942 bits per heavy atom. The van der Waals surface area contributed by atoms with Gasteiger partial charge in [-0.2, -0.15) is 0 Å². The van der Waals surface area contributed by atoms with Gasteiger partial charge in [0.25, 0.3) is 0 Å². The molecule has 0 aromatic heterocycles. The average molecular weight is 984 g/mol. The van der Waals surface area contributed by atoms with Crippen LogP contribution in [-0.4, -0.2) is 74.3 Å². The molecule has 1 amide bonds. The fourth-order valence-electron chi connectivity index (χ4n) is 7.26. The van der Waals surface area contributed by atoms with Crippen LogP contribution in [-0.2, 0) is 27.9 Å². The molecule has 0 aromatic carbocycles.